The number of carbonyl (C=O) groups is 1. The van der Waals surface area contributed by atoms with Crippen molar-refractivity contribution in [1.82, 2.24) is 0 Å². The second kappa shape index (κ2) is 8.27. The van der Waals surface area contributed by atoms with Gasteiger partial charge in [-0.05, 0) is 123 Å². The molecule has 186 valence electrons. The summed E-state index contributed by atoms with van der Waals surface area (Å²) >= 11 is 0. The summed E-state index contributed by atoms with van der Waals surface area (Å²) in [5, 5.41) is 0. The normalized spacial score (nSPS) is 48.9. The minimum absolute atomic E-state index is 0.0625. The molecular weight excluding hydrogens is 404 g/mol. The van der Waals surface area contributed by atoms with Crippen molar-refractivity contribution in [3.05, 3.63) is 24.3 Å². The van der Waals surface area contributed by atoms with Gasteiger partial charge in [-0.1, -0.05) is 52.0 Å². The van der Waals surface area contributed by atoms with Gasteiger partial charge in [0, 0.05) is 6.42 Å². The van der Waals surface area contributed by atoms with Gasteiger partial charge >= 0.3 is 5.97 Å². The average molecular weight is 455 g/mol. The highest BCUT2D eigenvalue weighted by Gasteiger charge is 2.68. The molecular formula is C31H50O2. The van der Waals surface area contributed by atoms with Crippen molar-refractivity contribution < 1.29 is 9.53 Å². The van der Waals surface area contributed by atoms with Crippen LogP contribution in [0.15, 0.2) is 24.3 Å². The molecule has 0 aromatic carbocycles. The van der Waals surface area contributed by atoms with Gasteiger partial charge in [0.2, 0.25) is 0 Å². The maximum absolute atomic E-state index is 12.2. The quantitative estimate of drug-likeness (QED) is 0.308. The fourth-order valence-electron chi connectivity index (χ4n) is 10.5. The van der Waals surface area contributed by atoms with Gasteiger partial charge in [0.25, 0.3) is 0 Å². The molecule has 0 aliphatic heterocycles. The van der Waals surface area contributed by atoms with E-state index in [9.17, 15) is 4.79 Å². The molecule has 0 spiro atoms. The minimum Gasteiger partial charge on any atom is -0.469 e. The second-order valence-electron chi connectivity index (χ2n) is 13.8. The van der Waals surface area contributed by atoms with E-state index >= 15 is 0 Å². The molecule has 4 rings (SSSR count). The van der Waals surface area contributed by atoms with E-state index in [0.29, 0.717) is 40.4 Å². The third-order valence-electron chi connectivity index (χ3n) is 12.4. The first-order valence-corrected chi connectivity index (χ1v) is 13.7. The Morgan fingerprint density at radius 2 is 1.58 bits per heavy atom. The van der Waals surface area contributed by atoms with Crippen molar-refractivity contribution >= 4 is 5.97 Å². The van der Waals surface area contributed by atoms with Crippen LogP contribution in [0.1, 0.15) is 106 Å². The van der Waals surface area contributed by atoms with Gasteiger partial charge in [0.15, 0.2) is 0 Å². The largest absolute Gasteiger partial charge is 0.469 e. The van der Waals surface area contributed by atoms with E-state index < -0.39 is 0 Å². The maximum Gasteiger partial charge on any atom is 0.305 e. The van der Waals surface area contributed by atoms with E-state index in [1.807, 2.05) is 0 Å². The van der Waals surface area contributed by atoms with Crippen LogP contribution in [0.3, 0.4) is 0 Å². The van der Waals surface area contributed by atoms with Crippen LogP contribution in [0.25, 0.3) is 0 Å². The number of allylic oxidation sites excluding steroid dienone is 2. The predicted molar refractivity (Wildman–Crippen MR) is 138 cm³/mol. The van der Waals surface area contributed by atoms with Crippen LogP contribution in [0.5, 0.6) is 0 Å². The van der Waals surface area contributed by atoms with Crippen molar-refractivity contribution in [2.45, 2.75) is 106 Å². The number of methoxy groups -OCH3 is 1. The molecule has 9 atom stereocenters. The molecule has 2 heteroatoms. The Hall–Kier alpha value is -1.05. The molecule has 0 unspecified atom stereocenters. The summed E-state index contributed by atoms with van der Waals surface area (Å²) in [6.07, 6.45) is 12.1. The first-order chi connectivity index (χ1) is 15.3. The zero-order valence-electron chi connectivity index (χ0n) is 22.7. The van der Waals surface area contributed by atoms with Crippen LogP contribution in [-0.4, -0.2) is 13.1 Å². The minimum atomic E-state index is -0.0625. The van der Waals surface area contributed by atoms with Gasteiger partial charge < -0.3 is 4.74 Å². The van der Waals surface area contributed by atoms with Gasteiger partial charge in [0.05, 0.1) is 7.11 Å². The molecule has 0 aromatic rings. The lowest BCUT2D eigenvalue weighted by Gasteiger charge is -2.71. The summed E-state index contributed by atoms with van der Waals surface area (Å²) in [4.78, 5) is 12.2. The molecule has 0 amide bonds. The van der Waals surface area contributed by atoms with Gasteiger partial charge in [-0.15, -0.1) is 0 Å². The van der Waals surface area contributed by atoms with E-state index in [1.165, 1.54) is 69.6 Å². The molecule has 4 aliphatic carbocycles. The third-order valence-corrected chi connectivity index (χ3v) is 12.4. The van der Waals surface area contributed by atoms with Gasteiger partial charge in [-0.2, -0.15) is 0 Å². The SMILES string of the molecule is C=C(C)[C@H]1CC[C@]2(C)CC[C@]3(C)[C@H](CC[C@@H]4[C@@](C)(CCC(=O)OC)[C@H](C(=C)C)CC[C@]43C)[C@@H]12. The van der Waals surface area contributed by atoms with Crippen molar-refractivity contribution in [1.29, 1.82) is 0 Å². The summed E-state index contributed by atoms with van der Waals surface area (Å²) in [6, 6.07) is 0. The zero-order valence-corrected chi connectivity index (χ0v) is 22.7. The molecule has 0 saturated heterocycles. The van der Waals surface area contributed by atoms with Crippen LogP contribution in [-0.2, 0) is 9.53 Å². The number of esters is 1. The van der Waals surface area contributed by atoms with Crippen molar-refractivity contribution in [3.63, 3.8) is 0 Å². The van der Waals surface area contributed by atoms with E-state index in [0.717, 1.165) is 18.3 Å². The highest BCUT2D eigenvalue weighted by atomic mass is 16.5. The Bertz CT molecular complexity index is 827. The topological polar surface area (TPSA) is 26.3 Å². The van der Waals surface area contributed by atoms with Crippen molar-refractivity contribution in [3.8, 4) is 0 Å². The molecule has 0 radical (unpaired) electrons. The lowest BCUT2D eigenvalue weighted by molar-refractivity contribution is -0.214. The van der Waals surface area contributed by atoms with Crippen LogP contribution in [0.2, 0.25) is 0 Å². The number of hydrogen-bond donors (Lipinski definition) is 0. The van der Waals surface area contributed by atoms with Crippen molar-refractivity contribution in [2.75, 3.05) is 7.11 Å². The van der Waals surface area contributed by atoms with E-state index in [-0.39, 0.29) is 11.4 Å². The first kappa shape index (κ1) is 25.1. The van der Waals surface area contributed by atoms with Gasteiger partial charge in [0.1, 0.15) is 0 Å². The molecule has 0 bridgehead atoms. The number of ether oxygens (including phenoxy) is 1. The summed E-state index contributed by atoms with van der Waals surface area (Å²) in [7, 11) is 1.52. The summed E-state index contributed by atoms with van der Waals surface area (Å²) in [5.41, 5.74) is 4.03. The Morgan fingerprint density at radius 3 is 2.18 bits per heavy atom. The molecule has 0 aromatic heterocycles. The second-order valence-corrected chi connectivity index (χ2v) is 13.8. The maximum atomic E-state index is 12.2. The Labute approximate surface area is 204 Å². The standard InChI is InChI=1S/C31H50O2/c1-20(2)22-12-15-28(5)18-19-30(7)24(27(22)28)10-11-25-29(6,16-14-26(32)33-9)23(21(3)4)13-17-31(25,30)8/h22-25,27H,1,3,10-19H2,2,4-9H3/t22-,23+,24-,25-,27-,28-,29+,30-,31-/m1/s1. The number of fused-ring (bicyclic) bond motifs is 5. The molecule has 2 nitrogen and oxygen atoms in total. The van der Waals surface area contributed by atoms with Crippen LogP contribution >= 0.6 is 0 Å². The highest BCUT2D eigenvalue weighted by molar-refractivity contribution is 5.69. The number of carbonyl (C=O) groups excluding carboxylic acids is 1. The Kier molecular flexibility index (Phi) is 6.28. The van der Waals surface area contributed by atoms with Crippen molar-refractivity contribution in [2.24, 2.45) is 51.2 Å². The predicted octanol–water partition coefficient (Wildman–Crippen LogP) is 8.37. The zero-order chi connectivity index (χ0) is 24.4. The van der Waals surface area contributed by atoms with E-state index in [4.69, 9.17) is 4.74 Å². The summed E-state index contributed by atoms with van der Waals surface area (Å²) < 4.78 is 5.07. The van der Waals surface area contributed by atoms with Crippen LogP contribution in [0.4, 0.5) is 0 Å². The van der Waals surface area contributed by atoms with Gasteiger partial charge in [-0.3, -0.25) is 4.79 Å². The molecule has 0 N–H and O–H groups in total. The number of hydrogen-bond acceptors (Lipinski definition) is 2. The lowest BCUT2D eigenvalue weighted by atomic mass is 9.34. The summed E-state index contributed by atoms with van der Waals surface area (Å²) in [6.45, 7) is 23.9. The Balaban J connectivity index is 1.73. The van der Waals surface area contributed by atoms with Crippen LogP contribution in [0, 0.1) is 51.2 Å². The number of rotatable bonds is 5. The van der Waals surface area contributed by atoms with E-state index in [1.54, 1.807) is 0 Å². The first-order valence-electron chi connectivity index (χ1n) is 13.7. The highest BCUT2D eigenvalue weighted by Crippen LogP contribution is 2.76. The molecule has 0 heterocycles. The third kappa shape index (κ3) is 3.51. The van der Waals surface area contributed by atoms with Crippen LogP contribution < -0.4 is 0 Å². The van der Waals surface area contributed by atoms with Gasteiger partial charge in [-0.25, -0.2) is 0 Å². The Morgan fingerprint density at radius 1 is 0.879 bits per heavy atom. The molecule has 33 heavy (non-hydrogen) atoms. The molecule has 4 saturated carbocycles. The summed E-state index contributed by atoms with van der Waals surface area (Å²) in [5.74, 6) is 3.38. The monoisotopic (exact) mass is 454 g/mol. The fraction of sp³-hybridized carbons (Fsp3) is 0.839. The lowest BCUT2D eigenvalue weighted by Crippen LogP contribution is -2.63. The molecule has 4 aliphatic rings. The smallest absolute Gasteiger partial charge is 0.305 e. The average Bonchev–Trinajstić information content (AvgIpc) is 3.10. The van der Waals surface area contributed by atoms with E-state index in [2.05, 4.69) is 54.7 Å². The fourth-order valence-corrected chi connectivity index (χ4v) is 10.5. The molecule has 4 fully saturated rings.